The summed E-state index contributed by atoms with van der Waals surface area (Å²) in [7, 11) is 0. The third kappa shape index (κ3) is 5.12. The van der Waals surface area contributed by atoms with E-state index in [9.17, 15) is 5.26 Å². The van der Waals surface area contributed by atoms with Gasteiger partial charge < -0.3 is 14.1 Å². The molecule has 3 aromatic carbocycles. The zero-order valence-corrected chi connectivity index (χ0v) is 17.4. The number of hydrogen-bond donors (Lipinski definition) is 0. The summed E-state index contributed by atoms with van der Waals surface area (Å²) >= 11 is 0. The molecule has 0 N–H and O–H groups in total. The molecular formula is C26H23N3O2. The lowest BCUT2D eigenvalue weighted by Crippen LogP contribution is -2.22. The number of oxazole rings is 1. The molecule has 1 aromatic heterocycles. The van der Waals surface area contributed by atoms with E-state index in [1.54, 1.807) is 0 Å². The predicted molar refractivity (Wildman–Crippen MR) is 120 cm³/mol. The standard InChI is InChI=1S/C26H23N3O2/c1-20-10-8-9-15-24(20)30-19-25-28-23(16-27)26(31-25)29(17-21-11-4-2-5-12-21)18-22-13-6-3-7-14-22/h2-15H,17-19H2,1H3. The van der Waals surface area contributed by atoms with Gasteiger partial charge in [-0.15, -0.1) is 0 Å². The van der Waals surface area contributed by atoms with Gasteiger partial charge in [0, 0.05) is 13.1 Å². The highest BCUT2D eigenvalue weighted by atomic mass is 16.5. The lowest BCUT2D eigenvalue weighted by molar-refractivity contribution is 0.262. The SMILES string of the molecule is Cc1ccccc1OCc1nc(C#N)c(N(Cc2ccccc2)Cc2ccccc2)o1. The molecule has 5 nitrogen and oxygen atoms in total. The van der Waals surface area contributed by atoms with Gasteiger partial charge in [-0.05, 0) is 29.7 Å². The number of aryl methyl sites for hydroxylation is 1. The fourth-order valence-corrected chi connectivity index (χ4v) is 3.37. The summed E-state index contributed by atoms with van der Waals surface area (Å²) in [6, 6.07) is 30.2. The number of benzene rings is 3. The van der Waals surface area contributed by atoms with Crippen molar-refractivity contribution in [3.8, 4) is 11.8 Å². The molecule has 0 aliphatic rings. The summed E-state index contributed by atoms with van der Waals surface area (Å²) in [5.41, 5.74) is 3.53. The maximum atomic E-state index is 9.70. The lowest BCUT2D eigenvalue weighted by atomic mass is 10.1. The zero-order valence-electron chi connectivity index (χ0n) is 17.4. The van der Waals surface area contributed by atoms with Gasteiger partial charge in [-0.3, -0.25) is 0 Å². The molecule has 0 saturated carbocycles. The van der Waals surface area contributed by atoms with E-state index in [0.717, 1.165) is 22.4 Å². The van der Waals surface area contributed by atoms with Crippen LogP contribution in [0, 0.1) is 18.3 Å². The Kier molecular flexibility index (Phi) is 6.29. The summed E-state index contributed by atoms with van der Waals surface area (Å²) in [6.45, 7) is 3.33. The Morgan fingerprint density at radius 3 is 2.03 bits per heavy atom. The number of nitriles is 1. The number of rotatable bonds is 8. The molecule has 1 heterocycles. The Balaban J connectivity index is 1.60. The first-order valence-corrected chi connectivity index (χ1v) is 10.1. The van der Waals surface area contributed by atoms with Gasteiger partial charge in [0.05, 0.1) is 0 Å². The highest BCUT2D eigenvalue weighted by Crippen LogP contribution is 2.27. The van der Waals surface area contributed by atoms with Gasteiger partial charge in [0.2, 0.25) is 17.5 Å². The monoisotopic (exact) mass is 409 g/mol. The molecule has 0 spiro atoms. The van der Waals surface area contributed by atoms with Gasteiger partial charge in [-0.25, -0.2) is 0 Å². The Morgan fingerprint density at radius 2 is 1.45 bits per heavy atom. The van der Waals surface area contributed by atoms with Crippen LogP contribution >= 0.6 is 0 Å². The van der Waals surface area contributed by atoms with E-state index >= 15 is 0 Å². The molecule has 0 bridgehead atoms. The van der Waals surface area contributed by atoms with Crippen molar-refractivity contribution in [2.75, 3.05) is 4.90 Å². The molecule has 0 saturated heterocycles. The van der Waals surface area contributed by atoms with E-state index in [0.29, 0.717) is 24.9 Å². The third-order valence-electron chi connectivity index (χ3n) is 4.92. The van der Waals surface area contributed by atoms with Gasteiger partial charge in [0.25, 0.3) is 0 Å². The van der Waals surface area contributed by atoms with E-state index < -0.39 is 0 Å². The van der Waals surface area contributed by atoms with E-state index in [2.05, 4.69) is 35.3 Å². The molecule has 0 amide bonds. The van der Waals surface area contributed by atoms with Crippen LogP contribution in [0.25, 0.3) is 0 Å². The Bertz CT molecular complexity index is 1120. The van der Waals surface area contributed by atoms with Crippen molar-refractivity contribution >= 4 is 5.88 Å². The predicted octanol–water partition coefficient (Wildman–Crippen LogP) is 5.64. The fourth-order valence-electron chi connectivity index (χ4n) is 3.37. The van der Waals surface area contributed by atoms with E-state index in [-0.39, 0.29) is 12.3 Å². The smallest absolute Gasteiger partial charge is 0.236 e. The van der Waals surface area contributed by atoms with Gasteiger partial charge in [0.15, 0.2) is 6.61 Å². The van der Waals surface area contributed by atoms with Crippen molar-refractivity contribution in [3.05, 3.63) is 113 Å². The van der Waals surface area contributed by atoms with Crippen LogP contribution in [-0.2, 0) is 19.7 Å². The fraction of sp³-hybridized carbons (Fsp3) is 0.154. The van der Waals surface area contributed by atoms with Crippen molar-refractivity contribution in [3.63, 3.8) is 0 Å². The van der Waals surface area contributed by atoms with Crippen LogP contribution in [-0.4, -0.2) is 4.98 Å². The molecule has 0 aliphatic heterocycles. The minimum atomic E-state index is 0.157. The van der Waals surface area contributed by atoms with Crippen LogP contribution in [0.3, 0.4) is 0 Å². The van der Waals surface area contributed by atoms with Crippen molar-refractivity contribution in [2.45, 2.75) is 26.6 Å². The minimum Gasteiger partial charge on any atom is -0.484 e. The normalized spacial score (nSPS) is 10.5. The zero-order chi connectivity index (χ0) is 21.5. The van der Waals surface area contributed by atoms with Crippen molar-refractivity contribution < 1.29 is 9.15 Å². The molecule has 4 aromatic rings. The second-order valence-electron chi connectivity index (χ2n) is 7.25. The van der Waals surface area contributed by atoms with Crippen molar-refractivity contribution in [2.24, 2.45) is 0 Å². The quantitative estimate of drug-likeness (QED) is 0.377. The second-order valence-corrected chi connectivity index (χ2v) is 7.25. The van der Waals surface area contributed by atoms with Crippen LogP contribution in [0.15, 0.2) is 89.3 Å². The van der Waals surface area contributed by atoms with Gasteiger partial charge in [-0.1, -0.05) is 78.9 Å². The van der Waals surface area contributed by atoms with Crippen LogP contribution in [0.1, 0.15) is 28.3 Å². The highest BCUT2D eigenvalue weighted by molar-refractivity contribution is 5.49. The molecule has 0 aliphatic carbocycles. The number of anilines is 1. The first-order chi connectivity index (χ1) is 15.2. The van der Waals surface area contributed by atoms with Crippen LogP contribution in [0.4, 0.5) is 5.88 Å². The number of aromatic nitrogens is 1. The third-order valence-corrected chi connectivity index (χ3v) is 4.92. The molecule has 0 unspecified atom stereocenters. The summed E-state index contributed by atoms with van der Waals surface area (Å²) < 4.78 is 11.9. The Morgan fingerprint density at radius 1 is 0.871 bits per heavy atom. The topological polar surface area (TPSA) is 62.3 Å². The molecule has 5 heteroatoms. The highest BCUT2D eigenvalue weighted by Gasteiger charge is 2.21. The van der Waals surface area contributed by atoms with Crippen molar-refractivity contribution in [1.82, 2.24) is 4.98 Å². The molecule has 31 heavy (non-hydrogen) atoms. The molecular weight excluding hydrogens is 386 g/mol. The number of hydrogen-bond acceptors (Lipinski definition) is 5. The van der Waals surface area contributed by atoms with Gasteiger partial charge in [-0.2, -0.15) is 10.2 Å². The molecule has 0 atom stereocenters. The second kappa shape index (κ2) is 9.64. The van der Waals surface area contributed by atoms with E-state index in [1.807, 2.05) is 72.5 Å². The maximum Gasteiger partial charge on any atom is 0.236 e. The Hall–Kier alpha value is -4.04. The summed E-state index contributed by atoms with van der Waals surface area (Å²) in [6.07, 6.45) is 0. The number of nitrogens with zero attached hydrogens (tertiary/aromatic N) is 3. The van der Waals surface area contributed by atoms with Crippen LogP contribution in [0.5, 0.6) is 5.75 Å². The average Bonchev–Trinajstić information content (AvgIpc) is 3.23. The van der Waals surface area contributed by atoms with E-state index in [4.69, 9.17) is 9.15 Å². The summed E-state index contributed by atoms with van der Waals surface area (Å²) in [5, 5.41) is 9.70. The molecule has 0 radical (unpaired) electrons. The lowest BCUT2D eigenvalue weighted by Gasteiger charge is -2.22. The first-order valence-electron chi connectivity index (χ1n) is 10.1. The summed E-state index contributed by atoms with van der Waals surface area (Å²) in [4.78, 5) is 6.42. The van der Waals surface area contributed by atoms with Crippen LogP contribution in [0.2, 0.25) is 0 Å². The van der Waals surface area contributed by atoms with Crippen LogP contribution < -0.4 is 9.64 Å². The van der Waals surface area contributed by atoms with Gasteiger partial charge >= 0.3 is 0 Å². The van der Waals surface area contributed by atoms with E-state index in [1.165, 1.54) is 0 Å². The number of ether oxygens (including phenoxy) is 1. The number of para-hydroxylation sites is 1. The molecule has 154 valence electrons. The minimum absolute atomic E-state index is 0.157. The Labute approximate surface area is 182 Å². The molecule has 4 rings (SSSR count). The average molecular weight is 409 g/mol. The van der Waals surface area contributed by atoms with Crippen molar-refractivity contribution in [1.29, 1.82) is 5.26 Å². The van der Waals surface area contributed by atoms with Gasteiger partial charge in [0.1, 0.15) is 11.8 Å². The first kappa shape index (κ1) is 20.2. The molecule has 0 fully saturated rings. The largest absolute Gasteiger partial charge is 0.484 e. The maximum absolute atomic E-state index is 9.70. The summed E-state index contributed by atoms with van der Waals surface area (Å²) in [5.74, 6) is 1.60.